The van der Waals surface area contributed by atoms with Crippen LogP contribution in [0, 0.1) is 0 Å². The predicted octanol–water partition coefficient (Wildman–Crippen LogP) is 0.927. The van der Waals surface area contributed by atoms with Gasteiger partial charge in [0.15, 0.2) is 0 Å². The van der Waals surface area contributed by atoms with E-state index in [0.29, 0.717) is 6.54 Å². The van der Waals surface area contributed by atoms with Crippen molar-refractivity contribution in [2.45, 2.75) is 44.6 Å². The normalized spacial score (nSPS) is 17.0. The highest BCUT2D eigenvalue weighted by Gasteiger charge is 2.17. The maximum Gasteiger partial charge on any atom is 0.317 e. The quantitative estimate of drug-likeness (QED) is 0.523. The lowest BCUT2D eigenvalue weighted by molar-refractivity contribution is -0.150. The van der Waals surface area contributed by atoms with E-state index in [-0.39, 0.29) is 25.0 Å². The lowest BCUT2D eigenvalue weighted by atomic mass is 9.98. The molecular weight excluding hydrogens is 210 g/mol. The van der Waals surface area contributed by atoms with Gasteiger partial charge in [0, 0.05) is 6.54 Å². The number of carbonyl (C=O) groups is 2. The average molecular weight is 229 g/mol. The van der Waals surface area contributed by atoms with Crippen molar-refractivity contribution in [3.63, 3.8) is 0 Å². The summed E-state index contributed by atoms with van der Waals surface area (Å²) >= 11 is 0. The number of hydrogen-bond donors (Lipinski definition) is 2. The van der Waals surface area contributed by atoms with Crippen LogP contribution in [0.3, 0.4) is 0 Å². The molecule has 16 heavy (non-hydrogen) atoms. The smallest absolute Gasteiger partial charge is 0.317 e. The van der Waals surface area contributed by atoms with Gasteiger partial charge in [-0.15, -0.1) is 0 Å². The third-order valence-electron chi connectivity index (χ3n) is 2.63. The molecule has 1 aliphatic rings. The van der Waals surface area contributed by atoms with Crippen molar-refractivity contribution >= 4 is 11.9 Å². The Morgan fingerprint density at radius 1 is 1.25 bits per heavy atom. The Kier molecular flexibility index (Phi) is 5.85. The molecule has 92 valence electrons. The van der Waals surface area contributed by atoms with Crippen LogP contribution in [0.1, 0.15) is 38.5 Å². The van der Waals surface area contributed by atoms with Gasteiger partial charge >= 0.3 is 11.9 Å². The molecule has 0 aliphatic heterocycles. The van der Waals surface area contributed by atoms with Gasteiger partial charge in [-0.3, -0.25) is 9.59 Å². The van der Waals surface area contributed by atoms with Gasteiger partial charge in [-0.1, -0.05) is 6.42 Å². The number of aliphatic carboxylic acids is 1. The number of carbonyl (C=O) groups excluding carboxylic acids is 1. The molecule has 1 aliphatic carbocycles. The Morgan fingerprint density at radius 3 is 2.56 bits per heavy atom. The second-order valence-electron chi connectivity index (χ2n) is 4.07. The highest BCUT2D eigenvalue weighted by atomic mass is 16.5. The Balaban J connectivity index is 2.03. The number of nitrogens with one attached hydrogen (secondary N) is 1. The Labute approximate surface area is 95.2 Å². The molecule has 0 spiro atoms. The number of hydrogen-bond acceptors (Lipinski definition) is 4. The van der Waals surface area contributed by atoms with E-state index >= 15 is 0 Å². The summed E-state index contributed by atoms with van der Waals surface area (Å²) in [5.74, 6) is -1.15. The molecule has 1 rings (SSSR count). The summed E-state index contributed by atoms with van der Waals surface area (Å²) in [7, 11) is 0. The first-order chi connectivity index (χ1) is 7.68. The van der Waals surface area contributed by atoms with E-state index in [1.165, 1.54) is 6.42 Å². The third-order valence-corrected chi connectivity index (χ3v) is 2.63. The topological polar surface area (TPSA) is 75.6 Å². The summed E-state index contributed by atoms with van der Waals surface area (Å²) in [4.78, 5) is 21.5. The van der Waals surface area contributed by atoms with E-state index in [9.17, 15) is 9.59 Å². The van der Waals surface area contributed by atoms with Crippen LogP contribution in [0.2, 0.25) is 0 Å². The number of ether oxygens (including phenoxy) is 1. The van der Waals surface area contributed by atoms with Crippen LogP contribution in [-0.4, -0.2) is 36.2 Å². The summed E-state index contributed by atoms with van der Waals surface area (Å²) in [6, 6.07) is 0. The second kappa shape index (κ2) is 7.22. The van der Waals surface area contributed by atoms with E-state index in [1.54, 1.807) is 0 Å². The van der Waals surface area contributed by atoms with Gasteiger partial charge in [0.2, 0.25) is 0 Å². The fourth-order valence-corrected chi connectivity index (χ4v) is 1.81. The predicted molar refractivity (Wildman–Crippen MR) is 58.1 cm³/mol. The number of esters is 1. The third kappa shape index (κ3) is 5.70. The Hall–Kier alpha value is -1.10. The van der Waals surface area contributed by atoms with Crippen molar-refractivity contribution in [2.24, 2.45) is 0 Å². The minimum Gasteiger partial charge on any atom is -0.480 e. The maximum atomic E-state index is 11.3. The fraction of sp³-hybridized carbons (Fsp3) is 0.818. The molecule has 0 amide bonds. The number of carboxylic acids is 1. The maximum absolute atomic E-state index is 11.3. The lowest BCUT2D eigenvalue weighted by Gasteiger charge is -2.21. The van der Waals surface area contributed by atoms with Crippen molar-refractivity contribution in [2.75, 3.05) is 13.1 Å². The SMILES string of the molecule is O=C(O)CNCCC(=O)OC1CCCCC1. The molecule has 0 aromatic rings. The summed E-state index contributed by atoms with van der Waals surface area (Å²) in [5, 5.41) is 11.0. The summed E-state index contributed by atoms with van der Waals surface area (Å²) in [6.45, 7) is 0.245. The monoisotopic (exact) mass is 229 g/mol. The van der Waals surface area contributed by atoms with Crippen LogP contribution in [-0.2, 0) is 14.3 Å². The van der Waals surface area contributed by atoms with E-state index in [0.717, 1.165) is 25.7 Å². The molecule has 0 atom stereocenters. The summed E-state index contributed by atoms with van der Waals surface area (Å²) in [6.07, 6.45) is 5.76. The van der Waals surface area contributed by atoms with E-state index in [4.69, 9.17) is 9.84 Å². The average Bonchev–Trinajstić information content (AvgIpc) is 2.25. The van der Waals surface area contributed by atoms with Gasteiger partial charge in [-0.2, -0.15) is 0 Å². The number of carboxylic acid groups (broad SMARTS) is 1. The molecule has 1 saturated carbocycles. The van der Waals surface area contributed by atoms with Gasteiger partial charge in [-0.05, 0) is 25.7 Å². The van der Waals surface area contributed by atoms with Crippen LogP contribution in [0.5, 0.6) is 0 Å². The zero-order chi connectivity index (χ0) is 11.8. The molecule has 0 radical (unpaired) electrons. The van der Waals surface area contributed by atoms with Crippen LogP contribution in [0.15, 0.2) is 0 Å². The van der Waals surface area contributed by atoms with Crippen molar-refractivity contribution in [3.8, 4) is 0 Å². The zero-order valence-corrected chi connectivity index (χ0v) is 9.41. The van der Waals surface area contributed by atoms with Crippen molar-refractivity contribution in [1.82, 2.24) is 5.32 Å². The van der Waals surface area contributed by atoms with Crippen LogP contribution >= 0.6 is 0 Å². The Bertz CT molecular complexity index is 236. The standard InChI is InChI=1S/C11H19NO4/c13-10(14)8-12-7-6-11(15)16-9-4-2-1-3-5-9/h9,12H,1-8H2,(H,13,14). The van der Waals surface area contributed by atoms with Crippen LogP contribution in [0.4, 0.5) is 0 Å². The molecule has 0 heterocycles. The lowest BCUT2D eigenvalue weighted by Crippen LogP contribution is -2.27. The minimum atomic E-state index is -0.916. The van der Waals surface area contributed by atoms with Gasteiger partial charge in [-0.25, -0.2) is 0 Å². The molecular formula is C11H19NO4. The minimum absolute atomic E-state index is 0.0840. The molecule has 0 unspecified atom stereocenters. The van der Waals surface area contributed by atoms with Gasteiger partial charge < -0.3 is 15.2 Å². The summed E-state index contributed by atoms with van der Waals surface area (Å²) in [5.41, 5.74) is 0. The van der Waals surface area contributed by atoms with Crippen LogP contribution < -0.4 is 5.32 Å². The molecule has 0 saturated heterocycles. The molecule has 5 nitrogen and oxygen atoms in total. The van der Waals surface area contributed by atoms with Crippen molar-refractivity contribution in [3.05, 3.63) is 0 Å². The van der Waals surface area contributed by atoms with Crippen LogP contribution in [0.25, 0.3) is 0 Å². The van der Waals surface area contributed by atoms with Gasteiger partial charge in [0.25, 0.3) is 0 Å². The summed E-state index contributed by atoms with van der Waals surface area (Å²) < 4.78 is 5.27. The largest absolute Gasteiger partial charge is 0.480 e. The Morgan fingerprint density at radius 2 is 1.94 bits per heavy atom. The molecule has 2 N–H and O–H groups in total. The van der Waals surface area contributed by atoms with Crippen molar-refractivity contribution in [1.29, 1.82) is 0 Å². The highest BCUT2D eigenvalue weighted by molar-refractivity contribution is 5.70. The van der Waals surface area contributed by atoms with Gasteiger partial charge in [0.1, 0.15) is 6.10 Å². The first kappa shape index (κ1) is 13.0. The van der Waals surface area contributed by atoms with E-state index in [1.807, 2.05) is 0 Å². The molecule has 0 aromatic carbocycles. The molecule has 5 heteroatoms. The molecule has 1 fully saturated rings. The van der Waals surface area contributed by atoms with Gasteiger partial charge in [0.05, 0.1) is 13.0 Å². The van der Waals surface area contributed by atoms with E-state index in [2.05, 4.69) is 5.32 Å². The fourth-order valence-electron chi connectivity index (χ4n) is 1.81. The highest BCUT2D eigenvalue weighted by Crippen LogP contribution is 2.20. The van der Waals surface area contributed by atoms with E-state index < -0.39 is 5.97 Å². The molecule has 0 bridgehead atoms. The number of rotatable bonds is 6. The molecule has 0 aromatic heterocycles. The first-order valence-electron chi connectivity index (χ1n) is 5.80. The second-order valence-corrected chi connectivity index (χ2v) is 4.07. The van der Waals surface area contributed by atoms with Crippen molar-refractivity contribution < 1.29 is 19.4 Å². The first-order valence-corrected chi connectivity index (χ1v) is 5.80. The zero-order valence-electron chi connectivity index (χ0n) is 9.41.